The van der Waals surface area contributed by atoms with E-state index in [2.05, 4.69) is 20.3 Å². The van der Waals surface area contributed by atoms with Gasteiger partial charge in [-0.25, -0.2) is 9.37 Å². The van der Waals surface area contributed by atoms with Crippen LogP contribution in [0.2, 0.25) is 0 Å². The third-order valence-corrected chi connectivity index (χ3v) is 4.23. The maximum absolute atomic E-state index is 13.9. The molecule has 3 heterocycles. The second-order valence-electron chi connectivity index (χ2n) is 5.97. The molecule has 8 heteroatoms. The van der Waals surface area contributed by atoms with Crippen molar-refractivity contribution in [1.82, 2.24) is 19.5 Å². The van der Waals surface area contributed by atoms with E-state index in [1.54, 1.807) is 23.0 Å². The number of rotatable bonds is 4. The summed E-state index contributed by atoms with van der Waals surface area (Å²) in [5, 5.41) is 3.05. The molecule has 6 nitrogen and oxygen atoms in total. The van der Waals surface area contributed by atoms with Gasteiger partial charge in [-0.1, -0.05) is 12.1 Å². The van der Waals surface area contributed by atoms with E-state index in [1.165, 1.54) is 12.1 Å². The number of benzene rings is 1. The fourth-order valence-electron chi connectivity index (χ4n) is 2.96. The van der Waals surface area contributed by atoms with Crippen molar-refractivity contribution in [2.24, 2.45) is 0 Å². The molecule has 1 unspecified atom stereocenters. The van der Waals surface area contributed by atoms with Crippen LogP contribution in [0.4, 0.5) is 14.6 Å². The van der Waals surface area contributed by atoms with Crippen LogP contribution in [-0.2, 0) is 11.3 Å². The van der Waals surface area contributed by atoms with Crippen LogP contribution in [-0.4, -0.2) is 26.1 Å². The Morgan fingerprint density at radius 3 is 2.76 bits per heavy atom. The minimum atomic E-state index is -0.827. The number of hydrogen-bond donors (Lipinski definition) is 1. The number of halogens is 2. The predicted octanol–water partition coefficient (Wildman–Crippen LogP) is 3.42. The second kappa shape index (κ2) is 6.72. The van der Waals surface area contributed by atoms with Crippen LogP contribution in [0, 0.1) is 11.9 Å². The molecule has 130 valence electrons. The Morgan fingerprint density at radius 2 is 2.00 bits per heavy atom. The largest absolute Gasteiger partial charge is 0.364 e. The first-order valence-corrected chi connectivity index (χ1v) is 8.21. The molecular weight excluding hydrogens is 328 g/mol. The van der Waals surface area contributed by atoms with Crippen molar-refractivity contribution in [2.45, 2.75) is 32.0 Å². The molecular formula is C17H17F2N5O. The monoisotopic (exact) mass is 345 g/mol. The maximum Gasteiger partial charge on any atom is 0.312 e. The average Bonchev–Trinajstić information content (AvgIpc) is 3.05. The van der Waals surface area contributed by atoms with Crippen LogP contribution >= 0.6 is 0 Å². The molecule has 0 aliphatic carbocycles. The van der Waals surface area contributed by atoms with Crippen LogP contribution in [0.15, 0.2) is 30.6 Å². The zero-order valence-corrected chi connectivity index (χ0v) is 13.5. The zero-order chi connectivity index (χ0) is 17.2. The molecule has 1 saturated heterocycles. The van der Waals surface area contributed by atoms with Crippen molar-refractivity contribution in [2.75, 3.05) is 11.9 Å². The molecule has 4 rings (SSSR count). The number of hydrogen-bond acceptors (Lipinski definition) is 5. The summed E-state index contributed by atoms with van der Waals surface area (Å²) in [7, 11) is 0. The first-order chi connectivity index (χ1) is 12.2. The fraction of sp³-hybridized carbons (Fsp3) is 0.353. The summed E-state index contributed by atoms with van der Waals surface area (Å²) >= 11 is 0. The minimum Gasteiger partial charge on any atom is -0.364 e. The number of aromatic nitrogens is 4. The molecule has 1 aliphatic heterocycles. The van der Waals surface area contributed by atoms with Gasteiger partial charge in [0.05, 0.1) is 6.33 Å². The van der Waals surface area contributed by atoms with Crippen LogP contribution in [0.1, 0.15) is 31.1 Å². The quantitative estimate of drug-likeness (QED) is 0.734. The van der Waals surface area contributed by atoms with Gasteiger partial charge >= 0.3 is 6.08 Å². The van der Waals surface area contributed by atoms with Gasteiger partial charge in [0, 0.05) is 13.2 Å². The molecule has 1 atom stereocenters. The van der Waals surface area contributed by atoms with Crippen molar-refractivity contribution >= 4 is 17.0 Å². The van der Waals surface area contributed by atoms with Gasteiger partial charge in [0.25, 0.3) is 0 Å². The van der Waals surface area contributed by atoms with Gasteiger partial charge in [0.15, 0.2) is 17.0 Å². The number of fused-ring (bicyclic) bond motifs is 1. The molecule has 0 amide bonds. The highest BCUT2D eigenvalue weighted by atomic mass is 19.1. The molecule has 1 aliphatic rings. The Morgan fingerprint density at radius 1 is 1.16 bits per heavy atom. The fourth-order valence-corrected chi connectivity index (χ4v) is 2.96. The molecule has 0 saturated carbocycles. The van der Waals surface area contributed by atoms with Crippen molar-refractivity contribution < 1.29 is 13.5 Å². The summed E-state index contributed by atoms with van der Waals surface area (Å²) in [6, 6.07) is 6.07. The summed E-state index contributed by atoms with van der Waals surface area (Å²) in [6.45, 7) is 1.05. The van der Waals surface area contributed by atoms with Gasteiger partial charge in [0.1, 0.15) is 12.0 Å². The maximum atomic E-state index is 13.9. The molecule has 1 N–H and O–H groups in total. The van der Waals surface area contributed by atoms with E-state index < -0.39 is 6.08 Å². The van der Waals surface area contributed by atoms with Gasteiger partial charge in [0.2, 0.25) is 0 Å². The van der Waals surface area contributed by atoms with Crippen LogP contribution in [0.5, 0.6) is 0 Å². The lowest BCUT2D eigenvalue weighted by molar-refractivity contribution is -0.0298. The number of anilines is 1. The standard InChI is InChI=1S/C17H17F2N5O/c18-12-6-4-11(5-7-12)9-20-15-14-16(23-17(19)22-15)24(10-21-14)13-3-1-2-8-25-13/h4-7,10,13H,1-3,8-9H2,(H,20,22,23). The summed E-state index contributed by atoms with van der Waals surface area (Å²) in [5.74, 6) is 0.00632. The minimum absolute atomic E-state index is 0.182. The molecule has 0 radical (unpaired) electrons. The highest BCUT2D eigenvalue weighted by Gasteiger charge is 2.21. The van der Waals surface area contributed by atoms with Crippen molar-refractivity contribution in [1.29, 1.82) is 0 Å². The van der Waals surface area contributed by atoms with Gasteiger partial charge in [-0.15, -0.1) is 0 Å². The van der Waals surface area contributed by atoms with E-state index in [0.29, 0.717) is 30.1 Å². The lowest BCUT2D eigenvalue weighted by Crippen LogP contribution is -2.18. The van der Waals surface area contributed by atoms with E-state index in [1.807, 2.05) is 0 Å². The van der Waals surface area contributed by atoms with E-state index in [9.17, 15) is 8.78 Å². The molecule has 0 bridgehead atoms. The second-order valence-corrected chi connectivity index (χ2v) is 5.97. The first kappa shape index (κ1) is 15.9. The number of nitrogens with zero attached hydrogens (tertiary/aromatic N) is 4. The van der Waals surface area contributed by atoms with Crippen LogP contribution < -0.4 is 5.32 Å². The topological polar surface area (TPSA) is 64.9 Å². The third-order valence-electron chi connectivity index (χ3n) is 4.23. The van der Waals surface area contributed by atoms with Gasteiger partial charge in [-0.2, -0.15) is 14.4 Å². The molecule has 3 aromatic rings. The number of ether oxygens (including phenoxy) is 1. The molecule has 2 aromatic heterocycles. The summed E-state index contributed by atoms with van der Waals surface area (Å²) in [4.78, 5) is 12.0. The van der Waals surface area contributed by atoms with Crippen molar-refractivity contribution in [3.05, 3.63) is 48.1 Å². The van der Waals surface area contributed by atoms with E-state index in [0.717, 1.165) is 24.8 Å². The predicted molar refractivity (Wildman–Crippen MR) is 87.8 cm³/mol. The van der Waals surface area contributed by atoms with Crippen LogP contribution in [0.3, 0.4) is 0 Å². The Hall–Kier alpha value is -2.61. The summed E-state index contributed by atoms with van der Waals surface area (Å²) < 4.78 is 34.4. The number of imidazole rings is 1. The molecule has 1 fully saturated rings. The van der Waals surface area contributed by atoms with Gasteiger partial charge in [-0.3, -0.25) is 4.57 Å². The Labute approximate surface area is 142 Å². The third kappa shape index (κ3) is 3.30. The Kier molecular flexibility index (Phi) is 4.27. The smallest absolute Gasteiger partial charge is 0.312 e. The Balaban J connectivity index is 1.62. The highest BCUT2D eigenvalue weighted by molar-refractivity contribution is 5.82. The number of nitrogens with one attached hydrogen (secondary N) is 1. The SMILES string of the molecule is Fc1ccc(CNc2nc(F)nc3c2ncn3C2CCCCO2)cc1. The van der Waals surface area contributed by atoms with Crippen LogP contribution in [0.25, 0.3) is 11.2 Å². The van der Waals surface area contributed by atoms with Gasteiger partial charge < -0.3 is 10.1 Å². The lowest BCUT2D eigenvalue weighted by atomic mass is 10.2. The van der Waals surface area contributed by atoms with Crippen molar-refractivity contribution in [3.8, 4) is 0 Å². The van der Waals surface area contributed by atoms with E-state index in [-0.39, 0.29) is 12.0 Å². The normalized spacial score (nSPS) is 17.8. The van der Waals surface area contributed by atoms with E-state index >= 15 is 0 Å². The zero-order valence-electron chi connectivity index (χ0n) is 13.5. The van der Waals surface area contributed by atoms with Gasteiger partial charge in [-0.05, 0) is 37.0 Å². The summed E-state index contributed by atoms with van der Waals surface area (Å²) in [5.41, 5.74) is 1.74. The summed E-state index contributed by atoms with van der Waals surface area (Å²) in [6.07, 6.45) is 3.52. The average molecular weight is 345 g/mol. The lowest BCUT2D eigenvalue weighted by Gasteiger charge is -2.23. The highest BCUT2D eigenvalue weighted by Crippen LogP contribution is 2.27. The van der Waals surface area contributed by atoms with E-state index in [4.69, 9.17) is 4.74 Å². The Bertz CT molecular complexity index is 875. The van der Waals surface area contributed by atoms with Crippen molar-refractivity contribution in [3.63, 3.8) is 0 Å². The molecule has 25 heavy (non-hydrogen) atoms. The molecule has 0 spiro atoms. The first-order valence-electron chi connectivity index (χ1n) is 8.21. The molecule has 1 aromatic carbocycles.